The minimum Gasteiger partial charge on any atom is -0.456 e. The number of aromatic amines is 1. The molecule has 0 spiro atoms. The Hall–Kier alpha value is -2.61. The number of cyclic esters (lactones) is 1. The standard InChI is InChI=1S/C18H19N3O4S/c1-8(2)6-21-15-13(16(22)20-18(21)24)12(14-9(3)4-5-26-14)11-10(19-15)7-25-17(11)23/h4-5,8,12,19H,6-7H2,1-3H3,(H,20,22,24). The maximum Gasteiger partial charge on any atom is 0.337 e. The minimum absolute atomic E-state index is 0.122. The van der Waals surface area contributed by atoms with Crippen LogP contribution in [-0.4, -0.2) is 22.1 Å². The molecule has 26 heavy (non-hydrogen) atoms. The Morgan fingerprint density at radius 1 is 1.35 bits per heavy atom. The Morgan fingerprint density at radius 2 is 2.12 bits per heavy atom. The van der Waals surface area contributed by atoms with Gasteiger partial charge in [-0.15, -0.1) is 11.3 Å². The van der Waals surface area contributed by atoms with Crippen molar-refractivity contribution in [1.29, 1.82) is 0 Å². The highest BCUT2D eigenvalue weighted by molar-refractivity contribution is 7.10. The van der Waals surface area contributed by atoms with Gasteiger partial charge in [0.2, 0.25) is 0 Å². The molecular weight excluding hydrogens is 354 g/mol. The number of H-pyrrole nitrogens is 1. The lowest BCUT2D eigenvalue weighted by molar-refractivity contribution is -0.136. The van der Waals surface area contributed by atoms with Gasteiger partial charge in [0.1, 0.15) is 12.4 Å². The van der Waals surface area contributed by atoms with E-state index in [1.165, 1.54) is 11.3 Å². The summed E-state index contributed by atoms with van der Waals surface area (Å²) >= 11 is 1.49. The van der Waals surface area contributed by atoms with E-state index >= 15 is 0 Å². The van der Waals surface area contributed by atoms with Crippen LogP contribution >= 0.6 is 11.3 Å². The number of aromatic nitrogens is 2. The first-order valence-corrected chi connectivity index (χ1v) is 9.34. The molecule has 0 bridgehead atoms. The summed E-state index contributed by atoms with van der Waals surface area (Å²) in [5.74, 6) is -0.276. The summed E-state index contributed by atoms with van der Waals surface area (Å²) in [6.45, 7) is 6.53. The van der Waals surface area contributed by atoms with Gasteiger partial charge < -0.3 is 10.1 Å². The predicted octanol–water partition coefficient (Wildman–Crippen LogP) is 1.93. The van der Waals surface area contributed by atoms with Crippen LogP contribution in [0.3, 0.4) is 0 Å². The molecule has 136 valence electrons. The van der Waals surface area contributed by atoms with Gasteiger partial charge in [0, 0.05) is 11.4 Å². The van der Waals surface area contributed by atoms with Crippen molar-refractivity contribution in [2.45, 2.75) is 33.2 Å². The molecule has 1 atom stereocenters. The summed E-state index contributed by atoms with van der Waals surface area (Å²) in [7, 11) is 0. The molecule has 8 heteroatoms. The van der Waals surface area contributed by atoms with Crippen molar-refractivity contribution in [3.63, 3.8) is 0 Å². The molecule has 0 saturated carbocycles. The van der Waals surface area contributed by atoms with Crippen molar-refractivity contribution in [3.8, 4) is 0 Å². The van der Waals surface area contributed by atoms with E-state index in [0.717, 1.165) is 10.4 Å². The predicted molar refractivity (Wildman–Crippen MR) is 98.7 cm³/mol. The van der Waals surface area contributed by atoms with E-state index in [1.807, 2.05) is 32.2 Å². The molecule has 4 rings (SSSR count). The average molecular weight is 373 g/mol. The van der Waals surface area contributed by atoms with Crippen LogP contribution in [0.2, 0.25) is 0 Å². The van der Waals surface area contributed by atoms with E-state index in [2.05, 4.69) is 10.3 Å². The van der Waals surface area contributed by atoms with E-state index in [0.29, 0.717) is 29.2 Å². The number of fused-ring (bicyclic) bond motifs is 1. The zero-order valence-electron chi connectivity index (χ0n) is 14.7. The fourth-order valence-corrected chi connectivity index (χ4v) is 4.61. The average Bonchev–Trinajstić information content (AvgIpc) is 3.15. The molecule has 4 heterocycles. The van der Waals surface area contributed by atoms with Gasteiger partial charge >= 0.3 is 11.7 Å². The fourth-order valence-electron chi connectivity index (χ4n) is 3.57. The van der Waals surface area contributed by atoms with Gasteiger partial charge in [-0.1, -0.05) is 13.8 Å². The minimum atomic E-state index is -0.529. The number of hydrogen-bond acceptors (Lipinski definition) is 6. The molecular formula is C18H19N3O4S. The number of nitrogens with one attached hydrogen (secondary N) is 2. The Labute approximate surface area is 153 Å². The maximum absolute atomic E-state index is 12.8. The number of carbonyl (C=O) groups excluding carboxylic acids is 1. The normalized spacial score (nSPS) is 18.6. The molecule has 0 amide bonds. The second-order valence-corrected chi connectivity index (χ2v) is 7.97. The zero-order valence-corrected chi connectivity index (χ0v) is 15.5. The molecule has 0 aromatic carbocycles. The Balaban J connectivity index is 2.04. The van der Waals surface area contributed by atoms with Crippen LogP contribution in [0.4, 0.5) is 5.82 Å². The second kappa shape index (κ2) is 5.98. The summed E-state index contributed by atoms with van der Waals surface area (Å²) < 4.78 is 6.77. The molecule has 2 aliphatic heterocycles. The maximum atomic E-state index is 12.8. The third-order valence-electron chi connectivity index (χ3n) is 4.69. The molecule has 2 aromatic rings. The number of rotatable bonds is 3. The van der Waals surface area contributed by atoms with Crippen LogP contribution in [0.25, 0.3) is 0 Å². The molecule has 1 unspecified atom stereocenters. The van der Waals surface area contributed by atoms with Gasteiger partial charge in [-0.2, -0.15) is 0 Å². The van der Waals surface area contributed by atoms with Gasteiger partial charge in [0.15, 0.2) is 0 Å². The summed E-state index contributed by atoms with van der Waals surface area (Å²) in [4.78, 5) is 40.9. The van der Waals surface area contributed by atoms with Gasteiger partial charge in [-0.25, -0.2) is 9.59 Å². The van der Waals surface area contributed by atoms with Gasteiger partial charge in [-0.3, -0.25) is 14.3 Å². The second-order valence-electron chi connectivity index (χ2n) is 7.02. The highest BCUT2D eigenvalue weighted by Crippen LogP contribution is 2.44. The fraction of sp³-hybridized carbons (Fsp3) is 0.389. The zero-order chi connectivity index (χ0) is 18.6. The number of nitrogens with zero attached hydrogens (tertiary/aromatic N) is 1. The third-order valence-corrected chi connectivity index (χ3v) is 5.77. The van der Waals surface area contributed by atoms with E-state index < -0.39 is 23.1 Å². The van der Waals surface area contributed by atoms with Gasteiger partial charge in [0.05, 0.1) is 22.8 Å². The van der Waals surface area contributed by atoms with Crippen LogP contribution in [0.15, 0.2) is 32.3 Å². The lowest BCUT2D eigenvalue weighted by Gasteiger charge is -2.28. The molecule has 0 aliphatic carbocycles. The number of esters is 1. The summed E-state index contributed by atoms with van der Waals surface area (Å²) in [5.41, 5.74) is 1.56. The van der Waals surface area contributed by atoms with E-state index in [1.54, 1.807) is 4.57 Å². The number of hydrogen-bond donors (Lipinski definition) is 2. The third kappa shape index (κ3) is 2.44. The molecule has 0 fully saturated rings. The first kappa shape index (κ1) is 16.8. The molecule has 2 aromatic heterocycles. The first-order valence-electron chi connectivity index (χ1n) is 8.46. The SMILES string of the molecule is Cc1ccsc1C1C2=C(COC2=O)Nc2c1c(=O)[nH]c(=O)n2CC(C)C. The van der Waals surface area contributed by atoms with Crippen molar-refractivity contribution < 1.29 is 9.53 Å². The van der Waals surface area contributed by atoms with E-state index in [9.17, 15) is 14.4 Å². The van der Waals surface area contributed by atoms with E-state index in [-0.39, 0.29) is 12.5 Å². The highest BCUT2D eigenvalue weighted by atomic mass is 32.1. The smallest absolute Gasteiger partial charge is 0.337 e. The summed E-state index contributed by atoms with van der Waals surface area (Å²) in [5, 5.41) is 5.07. The van der Waals surface area contributed by atoms with Crippen molar-refractivity contribution in [3.05, 3.63) is 59.6 Å². The molecule has 0 radical (unpaired) electrons. The Kier molecular flexibility index (Phi) is 3.87. The first-order chi connectivity index (χ1) is 12.4. The van der Waals surface area contributed by atoms with Crippen LogP contribution in [0.1, 0.15) is 35.8 Å². The van der Waals surface area contributed by atoms with Crippen LogP contribution in [-0.2, 0) is 16.1 Å². The van der Waals surface area contributed by atoms with Crippen LogP contribution in [0.5, 0.6) is 0 Å². The number of anilines is 1. The van der Waals surface area contributed by atoms with Crippen molar-refractivity contribution >= 4 is 23.1 Å². The lowest BCUT2D eigenvalue weighted by atomic mass is 9.86. The highest BCUT2D eigenvalue weighted by Gasteiger charge is 2.42. The van der Waals surface area contributed by atoms with Crippen LogP contribution in [0, 0.1) is 12.8 Å². The molecule has 2 N–H and O–H groups in total. The topological polar surface area (TPSA) is 93.2 Å². The Bertz CT molecular complexity index is 1060. The number of thiophene rings is 1. The number of carbonyl (C=O) groups is 1. The largest absolute Gasteiger partial charge is 0.456 e. The van der Waals surface area contributed by atoms with Gasteiger partial charge in [0.25, 0.3) is 5.56 Å². The van der Waals surface area contributed by atoms with Gasteiger partial charge in [-0.05, 0) is 29.9 Å². The van der Waals surface area contributed by atoms with Crippen molar-refractivity contribution in [2.75, 3.05) is 11.9 Å². The summed E-state index contributed by atoms with van der Waals surface area (Å²) in [6, 6.07) is 1.96. The quantitative estimate of drug-likeness (QED) is 0.802. The Morgan fingerprint density at radius 3 is 2.77 bits per heavy atom. The number of aryl methyl sites for hydroxylation is 1. The van der Waals surface area contributed by atoms with Crippen LogP contribution < -0.4 is 16.6 Å². The summed E-state index contributed by atoms with van der Waals surface area (Å²) in [6.07, 6.45) is 0. The molecule has 7 nitrogen and oxygen atoms in total. The van der Waals surface area contributed by atoms with Crippen molar-refractivity contribution in [1.82, 2.24) is 9.55 Å². The molecule has 2 aliphatic rings. The molecule has 0 saturated heterocycles. The van der Waals surface area contributed by atoms with E-state index in [4.69, 9.17) is 4.74 Å². The van der Waals surface area contributed by atoms with Crippen molar-refractivity contribution in [2.24, 2.45) is 5.92 Å². The number of ether oxygens (including phenoxy) is 1. The monoisotopic (exact) mass is 373 g/mol. The lowest BCUT2D eigenvalue weighted by Crippen LogP contribution is -2.39.